The Labute approximate surface area is 42.9 Å². The van der Waals surface area contributed by atoms with E-state index in [1.54, 1.807) is 0 Å². The molecular weight excluding hydrogens is 146 g/mol. The first-order valence-electron chi connectivity index (χ1n) is 0. The Bertz CT molecular complexity index is 4.14. The molecule has 0 saturated heterocycles. The van der Waals surface area contributed by atoms with Gasteiger partial charge >= 0.3 is 0 Å². The van der Waals surface area contributed by atoms with Gasteiger partial charge in [0.05, 0.1) is 0 Å². The van der Waals surface area contributed by atoms with Gasteiger partial charge in [0.25, 0.3) is 0 Å². The highest BCUT2D eigenvalue weighted by molar-refractivity contribution is 7.59. The van der Waals surface area contributed by atoms with Gasteiger partial charge in [-0.15, -0.1) is 0 Å². The molecule has 7 heteroatoms. The molecule has 0 rings (SSSR count). The van der Waals surface area contributed by atoms with Gasteiger partial charge in [-0.1, -0.05) is 0 Å². The van der Waals surface area contributed by atoms with Crippen LogP contribution in [0.25, 0.3) is 0 Å². The highest BCUT2D eigenvalue weighted by Gasteiger charge is 0.0000227. The molecule has 0 spiro atoms. The Morgan fingerprint density at radius 3 is 0.286 bits per heavy atom. The predicted molar refractivity (Wildman–Crippen MR) is 22.6 cm³/mol. The first kappa shape index (κ1) is 49700. The molecule has 54 valence electrons. The molecule has 0 heterocycles. The molecule has 0 unspecified atom stereocenters. The van der Waals surface area contributed by atoms with Crippen molar-refractivity contribution >= 4 is 13.5 Å². The Morgan fingerprint density at radius 2 is 0.286 bits per heavy atom. The van der Waals surface area contributed by atoms with Gasteiger partial charge < -0.3 is 0 Å². The van der Waals surface area contributed by atoms with Gasteiger partial charge in [-0.2, -0.15) is 0 Å². The highest BCUT2D eigenvalue weighted by atomic mass is 32.1. The summed E-state index contributed by atoms with van der Waals surface area (Å²) in [6.45, 7) is 0. The Hall–Kier alpha value is -0.0700. The molecule has 0 nitrogen and oxygen atoms in total. The van der Waals surface area contributed by atoms with Gasteiger partial charge in [-0.25, -0.2) is 0 Å². The summed E-state index contributed by atoms with van der Waals surface area (Å²) in [4.78, 5) is 0. The molecule has 2 radical (unpaired) electrons. The summed E-state index contributed by atoms with van der Waals surface area (Å²) in [5.74, 6) is 0. The highest BCUT2D eigenvalue weighted by Crippen LogP contribution is 0.648. The van der Waals surface area contributed by atoms with E-state index in [0.717, 1.165) is 0 Å². The van der Waals surface area contributed by atoms with Crippen LogP contribution in [-0.4, -0.2) is 0 Å². The van der Waals surface area contributed by atoms with Crippen molar-refractivity contribution in [2.45, 2.75) is 0 Å². The van der Waals surface area contributed by atoms with Crippen LogP contribution in [0, 0.1) is 0 Å². The first-order valence-corrected chi connectivity index (χ1v) is 0. The lowest BCUT2D eigenvalue weighted by atomic mass is 19.0. The van der Waals surface area contributed by atoms with E-state index in [1.807, 2.05) is 0 Å². The molecule has 0 atom stereocenters. The lowest BCUT2D eigenvalue weighted by Crippen LogP contribution is 0.419. The molecule has 0 bridgehead atoms. The summed E-state index contributed by atoms with van der Waals surface area (Å²) in [6.07, 6.45) is 0. The van der Waals surface area contributed by atoms with Gasteiger partial charge in [0.1, 0.15) is 0 Å². The molecule has 0 amide bonds. The molecule has 0 aromatic carbocycles. The van der Waals surface area contributed by atoms with E-state index in [0.29, 0.717) is 0 Å². The van der Waals surface area contributed by atoms with Crippen LogP contribution in [0.1, 0.15) is 0 Å². The second-order valence-electron chi connectivity index (χ2n) is 0. The number of hydrogen-bond acceptors (Lipinski definition) is 0. The third-order valence-electron chi connectivity index (χ3n) is 0. The quantitative estimate of drug-likeness (QED) is 0.462. The zero-order valence-electron chi connectivity index (χ0n) is 2.86. The average molecular weight is 152 g/mol. The van der Waals surface area contributed by atoms with Crippen LogP contribution in [0.5, 0.6) is 0 Å². The standard InChI is InChI=1S/6FH.S/h6*1H;. The van der Waals surface area contributed by atoms with E-state index in [2.05, 4.69) is 0 Å². The van der Waals surface area contributed by atoms with E-state index in [9.17, 15) is 0 Å². The van der Waals surface area contributed by atoms with E-state index in [-0.39, 0.29) is 41.7 Å². The molecular formula is H6F6S. The Kier molecular flexibility index (Phi) is 209000000. The van der Waals surface area contributed by atoms with Crippen molar-refractivity contribution < 1.29 is 28.2 Å². The van der Waals surface area contributed by atoms with E-state index < -0.39 is 0 Å². The lowest BCUT2D eigenvalue weighted by Gasteiger charge is -0.270. The zero-order valence-corrected chi connectivity index (χ0v) is 3.67. The number of rotatable bonds is 0. The van der Waals surface area contributed by atoms with Crippen molar-refractivity contribution in [2.24, 2.45) is 0 Å². The minimum Gasteiger partial charge on any atom is -0.269 e. The summed E-state index contributed by atoms with van der Waals surface area (Å²) in [5, 5.41) is 0. The molecule has 0 aliphatic heterocycles. The summed E-state index contributed by atoms with van der Waals surface area (Å²) >= 11 is 0. The Morgan fingerprint density at radius 1 is 0.286 bits per heavy atom. The fraction of sp³-hybridized carbons (Fsp3) is 0. The van der Waals surface area contributed by atoms with Gasteiger partial charge in [0.2, 0.25) is 0 Å². The third kappa shape index (κ3) is 18700. The largest absolute Gasteiger partial charge is 0.269 e. The van der Waals surface area contributed by atoms with Gasteiger partial charge in [-0.3, -0.25) is 28.2 Å². The van der Waals surface area contributed by atoms with Crippen LogP contribution >= 0.6 is 13.5 Å². The van der Waals surface area contributed by atoms with Crippen molar-refractivity contribution in [1.29, 1.82) is 0 Å². The van der Waals surface area contributed by atoms with Crippen LogP contribution < -0.4 is 0 Å². The second-order valence-corrected chi connectivity index (χ2v) is 0. The maximum atomic E-state index is 0. The SMILES string of the molecule is F.F.F.F.F.F.[S]. The van der Waals surface area contributed by atoms with Crippen LogP contribution in [0.15, 0.2) is 0 Å². The monoisotopic (exact) mass is 152 g/mol. The smallest absolute Gasteiger partial charge is 0 e. The molecule has 0 N–H and O–H groups in total. The molecule has 0 aromatic rings. The summed E-state index contributed by atoms with van der Waals surface area (Å²) in [6, 6.07) is 0. The fourth-order valence-electron chi connectivity index (χ4n) is 0. The second kappa shape index (κ2) is 29400. The molecule has 0 aliphatic carbocycles. The van der Waals surface area contributed by atoms with E-state index in [1.165, 1.54) is 0 Å². The zero-order chi connectivity index (χ0) is 0. The number of halogens is 6. The number of hydrogen-bond donors (Lipinski definition) is 0. The maximum absolute atomic E-state index is 0. The van der Waals surface area contributed by atoms with Crippen molar-refractivity contribution in [3.05, 3.63) is 0 Å². The third-order valence-corrected chi connectivity index (χ3v) is 0. The van der Waals surface area contributed by atoms with E-state index >= 15 is 0 Å². The summed E-state index contributed by atoms with van der Waals surface area (Å²) < 4.78 is 0. The summed E-state index contributed by atoms with van der Waals surface area (Å²) in [7, 11) is 0. The minimum absolute atomic E-state index is 0. The predicted octanol–water partition coefficient (Wildman–Crippen LogP) is 1.56. The molecule has 0 saturated carbocycles. The van der Waals surface area contributed by atoms with Crippen molar-refractivity contribution in [3.8, 4) is 0 Å². The van der Waals surface area contributed by atoms with E-state index in [4.69, 9.17) is 0 Å². The fourth-order valence-corrected chi connectivity index (χ4v) is 0. The van der Waals surface area contributed by atoms with Crippen LogP contribution in [-0.2, 0) is 0 Å². The van der Waals surface area contributed by atoms with Crippen LogP contribution in [0.4, 0.5) is 28.2 Å². The van der Waals surface area contributed by atoms with Crippen LogP contribution in [0.3, 0.4) is 0 Å². The average Bonchev–Trinajstić information content (AvgIpc) is 0. The van der Waals surface area contributed by atoms with Gasteiger partial charge in [0.15, 0.2) is 0 Å². The minimum atomic E-state index is 0. The first-order chi connectivity index (χ1) is 0. The van der Waals surface area contributed by atoms with Gasteiger partial charge in [0, 0.05) is 13.5 Å². The van der Waals surface area contributed by atoms with Crippen molar-refractivity contribution in [2.75, 3.05) is 0 Å². The molecule has 7 heavy (non-hydrogen) atoms. The van der Waals surface area contributed by atoms with Crippen molar-refractivity contribution in [1.82, 2.24) is 0 Å². The lowest BCUT2D eigenvalue weighted by molar-refractivity contribution is 1.11. The molecule has 0 aliphatic rings. The normalized spacial score (nSPS) is 0. The maximum Gasteiger partial charge on any atom is 0 e. The van der Waals surface area contributed by atoms with Gasteiger partial charge in [-0.05, 0) is 0 Å². The summed E-state index contributed by atoms with van der Waals surface area (Å²) in [5.41, 5.74) is 0. The molecule has 0 fully saturated rings. The molecule has 0 aromatic heterocycles. The topological polar surface area (TPSA) is 0 Å². The Balaban J connectivity index is 0. The van der Waals surface area contributed by atoms with Crippen molar-refractivity contribution in [3.63, 3.8) is 0 Å². The van der Waals surface area contributed by atoms with Crippen LogP contribution in [0.2, 0.25) is 0 Å².